The zero-order chi connectivity index (χ0) is 14.8. The SMILES string of the molecule is Cc1ccc(OCc2cc(CNC3CC3)c(C)o2)c(Cl)c1. The van der Waals surface area contributed by atoms with Gasteiger partial charge in [-0.2, -0.15) is 0 Å². The lowest BCUT2D eigenvalue weighted by Crippen LogP contribution is -2.15. The molecule has 1 heterocycles. The monoisotopic (exact) mass is 305 g/mol. The molecule has 1 aromatic carbocycles. The molecule has 3 nitrogen and oxygen atoms in total. The molecule has 3 rings (SSSR count). The normalized spacial score (nSPS) is 14.4. The number of rotatable bonds is 6. The van der Waals surface area contributed by atoms with E-state index in [2.05, 4.69) is 11.4 Å². The highest BCUT2D eigenvalue weighted by Crippen LogP contribution is 2.27. The van der Waals surface area contributed by atoms with Crippen molar-refractivity contribution in [3.8, 4) is 5.75 Å². The van der Waals surface area contributed by atoms with Crippen LogP contribution in [0.2, 0.25) is 5.02 Å². The zero-order valence-electron chi connectivity index (χ0n) is 12.4. The topological polar surface area (TPSA) is 34.4 Å². The molecule has 0 saturated heterocycles. The first-order valence-corrected chi connectivity index (χ1v) is 7.70. The lowest BCUT2D eigenvalue weighted by Gasteiger charge is -2.06. The van der Waals surface area contributed by atoms with Crippen LogP contribution in [-0.4, -0.2) is 6.04 Å². The minimum atomic E-state index is 0.396. The Morgan fingerprint density at radius 3 is 2.81 bits per heavy atom. The molecule has 0 atom stereocenters. The van der Waals surface area contributed by atoms with Crippen LogP contribution in [0.3, 0.4) is 0 Å². The summed E-state index contributed by atoms with van der Waals surface area (Å²) in [4.78, 5) is 0. The van der Waals surface area contributed by atoms with Crippen molar-refractivity contribution >= 4 is 11.6 Å². The molecule has 2 aromatic rings. The lowest BCUT2D eigenvalue weighted by atomic mass is 10.2. The quantitative estimate of drug-likeness (QED) is 0.860. The van der Waals surface area contributed by atoms with Crippen LogP contribution in [0.4, 0.5) is 0 Å². The summed E-state index contributed by atoms with van der Waals surface area (Å²) in [6.07, 6.45) is 2.58. The van der Waals surface area contributed by atoms with Crippen LogP contribution in [0.25, 0.3) is 0 Å². The number of ether oxygens (including phenoxy) is 1. The van der Waals surface area contributed by atoms with Crippen molar-refractivity contribution in [2.75, 3.05) is 0 Å². The van der Waals surface area contributed by atoms with E-state index in [4.69, 9.17) is 20.8 Å². The predicted octanol–water partition coefficient (Wildman–Crippen LogP) is 4.38. The highest BCUT2D eigenvalue weighted by Gasteiger charge is 2.21. The summed E-state index contributed by atoms with van der Waals surface area (Å²) in [7, 11) is 0. The largest absolute Gasteiger partial charge is 0.484 e. The van der Waals surface area contributed by atoms with Gasteiger partial charge in [-0.3, -0.25) is 0 Å². The molecule has 4 heteroatoms. The van der Waals surface area contributed by atoms with Crippen molar-refractivity contribution in [3.63, 3.8) is 0 Å². The molecule has 0 spiro atoms. The average Bonchev–Trinajstić information content (AvgIpc) is 3.20. The zero-order valence-corrected chi connectivity index (χ0v) is 13.2. The third kappa shape index (κ3) is 3.80. The first kappa shape index (κ1) is 14.5. The summed E-state index contributed by atoms with van der Waals surface area (Å²) in [5, 5.41) is 4.13. The van der Waals surface area contributed by atoms with E-state index in [1.807, 2.05) is 32.0 Å². The summed E-state index contributed by atoms with van der Waals surface area (Å²) < 4.78 is 11.5. The smallest absolute Gasteiger partial charge is 0.146 e. The number of furan rings is 1. The Balaban J connectivity index is 1.60. The fourth-order valence-electron chi connectivity index (χ4n) is 2.25. The number of aryl methyl sites for hydroxylation is 2. The second-order valence-corrected chi connectivity index (χ2v) is 6.08. The molecule has 0 bridgehead atoms. The summed E-state index contributed by atoms with van der Waals surface area (Å²) in [5.41, 5.74) is 2.32. The van der Waals surface area contributed by atoms with Crippen molar-refractivity contribution < 1.29 is 9.15 Å². The number of halogens is 1. The van der Waals surface area contributed by atoms with E-state index in [0.717, 1.165) is 23.6 Å². The van der Waals surface area contributed by atoms with Gasteiger partial charge in [-0.25, -0.2) is 0 Å². The van der Waals surface area contributed by atoms with Crippen molar-refractivity contribution in [1.82, 2.24) is 5.32 Å². The Kier molecular flexibility index (Phi) is 4.22. The summed E-state index contributed by atoms with van der Waals surface area (Å²) >= 11 is 6.16. The van der Waals surface area contributed by atoms with Crippen LogP contribution in [0.15, 0.2) is 28.7 Å². The minimum absolute atomic E-state index is 0.396. The maximum Gasteiger partial charge on any atom is 0.146 e. The molecule has 0 radical (unpaired) electrons. The summed E-state index contributed by atoms with van der Waals surface area (Å²) in [5.74, 6) is 2.47. The van der Waals surface area contributed by atoms with E-state index in [0.29, 0.717) is 23.4 Å². The maximum atomic E-state index is 6.16. The molecular weight excluding hydrogens is 286 g/mol. The number of benzene rings is 1. The summed E-state index contributed by atoms with van der Waals surface area (Å²) in [6, 6.07) is 8.54. The van der Waals surface area contributed by atoms with E-state index < -0.39 is 0 Å². The molecule has 0 aliphatic heterocycles. The number of nitrogens with one attached hydrogen (secondary N) is 1. The Bertz CT molecular complexity index is 632. The Hall–Kier alpha value is -1.45. The van der Waals surface area contributed by atoms with Gasteiger partial charge in [-0.05, 0) is 50.5 Å². The lowest BCUT2D eigenvalue weighted by molar-refractivity contribution is 0.267. The first-order chi connectivity index (χ1) is 10.1. The highest BCUT2D eigenvalue weighted by atomic mass is 35.5. The van der Waals surface area contributed by atoms with Gasteiger partial charge >= 0.3 is 0 Å². The molecule has 1 saturated carbocycles. The van der Waals surface area contributed by atoms with Crippen LogP contribution in [-0.2, 0) is 13.2 Å². The Labute approximate surface area is 130 Å². The van der Waals surface area contributed by atoms with E-state index >= 15 is 0 Å². The van der Waals surface area contributed by atoms with Crippen molar-refractivity contribution in [2.24, 2.45) is 0 Å². The van der Waals surface area contributed by atoms with Gasteiger partial charge in [0.25, 0.3) is 0 Å². The van der Waals surface area contributed by atoms with Gasteiger partial charge < -0.3 is 14.5 Å². The predicted molar refractivity (Wildman–Crippen MR) is 83.8 cm³/mol. The molecule has 1 aliphatic carbocycles. The van der Waals surface area contributed by atoms with Gasteiger partial charge in [-0.1, -0.05) is 17.7 Å². The third-order valence-corrected chi connectivity index (χ3v) is 3.98. The molecule has 1 aliphatic rings. The van der Waals surface area contributed by atoms with E-state index in [-0.39, 0.29) is 0 Å². The average molecular weight is 306 g/mol. The fraction of sp³-hybridized carbons (Fsp3) is 0.412. The van der Waals surface area contributed by atoms with E-state index in [1.165, 1.54) is 18.4 Å². The van der Waals surface area contributed by atoms with Gasteiger partial charge in [0.05, 0.1) is 5.02 Å². The molecule has 0 unspecified atom stereocenters. The van der Waals surface area contributed by atoms with Gasteiger partial charge in [0.1, 0.15) is 23.9 Å². The third-order valence-electron chi connectivity index (χ3n) is 3.69. The van der Waals surface area contributed by atoms with Crippen LogP contribution in [0.1, 0.15) is 35.5 Å². The molecule has 112 valence electrons. The number of hydrogen-bond acceptors (Lipinski definition) is 3. The molecule has 1 N–H and O–H groups in total. The van der Waals surface area contributed by atoms with E-state index in [1.54, 1.807) is 0 Å². The van der Waals surface area contributed by atoms with E-state index in [9.17, 15) is 0 Å². The second kappa shape index (κ2) is 6.12. The second-order valence-electron chi connectivity index (χ2n) is 5.67. The Morgan fingerprint density at radius 2 is 2.10 bits per heavy atom. The van der Waals surface area contributed by atoms with Gasteiger partial charge in [0, 0.05) is 18.2 Å². The van der Waals surface area contributed by atoms with Gasteiger partial charge in [0.15, 0.2) is 0 Å². The summed E-state index contributed by atoms with van der Waals surface area (Å²) in [6.45, 7) is 5.26. The van der Waals surface area contributed by atoms with Gasteiger partial charge in [0.2, 0.25) is 0 Å². The Morgan fingerprint density at radius 1 is 1.29 bits per heavy atom. The van der Waals surface area contributed by atoms with Crippen LogP contribution >= 0.6 is 11.6 Å². The number of hydrogen-bond donors (Lipinski definition) is 1. The first-order valence-electron chi connectivity index (χ1n) is 7.32. The van der Waals surface area contributed by atoms with Crippen molar-refractivity contribution in [1.29, 1.82) is 0 Å². The van der Waals surface area contributed by atoms with Crippen molar-refractivity contribution in [2.45, 2.75) is 45.9 Å². The molecule has 1 aromatic heterocycles. The molecule has 1 fully saturated rings. The van der Waals surface area contributed by atoms with Crippen molar-refractivity contribution in [3.05, 3.63) is 51.9 Å². The minimum Gasteiger partial charge on any atom is -0.484 e. The molecular formula is C17H20ClNO2. The van der Waals surface area contributed by atoms with Crippen LogP contribution < -0.4 is 10.1 Å². The van der Waals surface area contributed by atoms with Crippen LogP contribution in [0, 0.1) is 13.8 Å². The molecule has 0 amide bonds. The van der Waals surface area contributed by atoms with Gasteiger partial charge in [-0.15, -0.1) is 0 Å². The highest BCUT2D eigenvalue weighted by molar-refractivity contribution is 6.32. The van der Waals surface area contributed by atoms with Crippen LogP contribution in [0.5, 0.6) is 5.75 Å². The maximum absolute atomic E-state index is 6.16. The standard InChI is InChI=1S/C17H20ClNO2/c1-11-3-6-17(16(18)7-11)20-10-15-8-13(12(2)21-15)9-19-14-4-5-14/h3,6-8,14,19H,4-5,9-10H2,1-2H3. The fourth-order valence-corrected chi connectivity index (χ4v) is 2.54. The molecule has 21 heavy (non-hydrogen) atoms.